The highest BCUT2D eigenvalue weighted by Crippen LogP contribution is 2.18. The zero-order valence-corrected chi connectivity index (χ0v) is 10.7. The van der Waals surface area contributed by atoms with Gasteiger partial charge in [0.1, 0.15) is 0 Å². The Morgan fingerprint density at radius 1 is 0.882 bits per heavy atom. The predicted octanol–water partition coefficient (Wildman–Crippen LogP) is 1.40. The van der Waals surface area contributed by atoms with E-state index < -0.39 is 0 Å². The van der Waals surface area contributed by atoms with Gasteiger partial charge in [-0.15, -0.1) is 0 Å². The quantitative estimate of drug-likeness (QED) is 0.599. The summed E-state index contributed by atoms with van der Waals surface area (Å²) in [6.45, 7) is 4.31. The Hall–Kier alpha value is -1.06. The summed E-state index contributed by atoms with van der Waals surface area (Å²) >= 11 is 0. The van der Waals surface area contributed by atoms with Crippen LogP contribution < -0.4 is 0 Å². The minimum Gasteiger partial charge on any atom is -0.334 e. The summed E-state index contributed by atoms with van der Waals surface area (Å²) in [5, 5.41) is 0. The maximum Gasteiger partial charge on any atom is 0.312 e. The highest BCUT2D eigenvalue weighted by atomic mass is 16.2. The van der Waals surface area contributed by atoms with Gasteiger partial charge in [-0.1, -0.05) is 0 Å². The summed E-state index contributed by atoms with van der Waals surface area (Å²) in [5.41, 5.74) is 0. The van der Waals surface area contributed by atoms with Crippen LogP contribution in [-0.2, 0) is 9.59 Å². The van der Waals surface area contributed by atoms with Gasteiger partial charge in [0, 0.05) is 25.7 Å². The second-order valence-electron chi connectivity index (χ2n) is 5.20. The van der Waals surface area contributed by atoms with Crippen LogP contribution in [0, 0.1) is 0 Å². The molecule has 96 valence electrons. The Bertz CT molecular complexity index is 298. The SMILES string of the molecule is CC1CCCCN1C(=O)C(=O)N1CCCCC1. The highest BCUT2D eigenvalue weighted by Gasteiger charge is 2.31. The summed E-state index contributed by atoms with van der Waals surface area (Å²) in [4.78, 5) is 27.7. The molecule has 4 nitrogen and oxygen atoms in total. The minimum absolute atomic E-state index is 0.227. The third kappa shape index (κ3) is 2.79. The second-order valence-corrected chi connectivity index (χ2v) is 5.20. The lowest BCUT2D eigenvalue weighted by molar-refractivity contribution is -0.154. The molecule has 0 aliphatic carbocycles. The Balaban J connectivity index is 1.95. The minimum atomic E-state index is -0.279. The lowest BCUT2D eigenvalue weighted by Crippen LogP contribution is -2.51. The van der Waals surface area contributed by atoms with Crippen molar-refractivity contribution in [3.8, 4) is 0 Å². The van der Waals surface area contributed by atoms with Crippen LogP contribution in [0.1, 0.15) is 45.4 Å². The first-order valence-corrected chi connectivity index (χ1v) is 6.80. The lowest BCUT2D eigenvalue weighted by atomic mass is 10.0. The fourth-order valence-electron chi connectivity index (χ4n) is 2.75. The number of piperidine rings is 2. The number of rotatable bonds is 0. The summed E-state index contributed by atoms with van der Waals surface area (Å²) < 4.78 is 0. The van der Waals surface area contributed by atoms with Gasteiger partial charge in [-0.3, -0.25) is 9.59 Å². The second kappa shape index (κ2) is 5.52. The zero-order valence-electron chi connectivity index (χ0n) is 10.7. The molecule has 1 atom stereocenters. The van der Waals surface area contributed by atoms with Crippen molar-refractivity contribution >= 4 is 11.8 Å². The van der Waals surface area contributed by atoms with Gasteiger partial charge in [-0.2, -0.15) is 0 Å². The Labute approximate surface area is 103 Å². The van der Waals surface area contributed by atoms with Crippen molar-refractivity contribution in [2.75, 3.05) is 19.6 Å². The summed E-state index contributed by atoms with van der Waals surface area (Å²) in [5.74, 6) is -0.558. The van der Waals surface area contributed by atoms with Crippen LogP contribution in [0.5, 0.6) is 0 Å². The van der Waals surface area contributed by atoms with Crippen molar-refractivity contribution < 1.29 is 9.59 Å². The molecule has 0 aromatic heterocycles. The molecule has 0 aromatic rings. The van der Waals surface area contributed by atoms with E-state index in [1.807, 2.05) is 6.92 Å². The molecule has 2 aliphatic rings. The maximum atomic E-state index is 12.1. The van der Waals surface area contributed by atoms with E-state index in [2.05, 4.69) is 0 Å². The van der Waals surface area contributed by atoms with E-state index >= 15 is 0 Å². The van der Waals surface area contributed by atoms with Crippen LogP contribution in [0.25, 0.3) is 0 Å². The molecule has 1 unspecified atom stereocenters. The maximum absolute atomic E-state index is 12.1. The van der Waals surface area contributed by atoms with Gasteiger partial charge >= 0.3 is 11.8 Å². The molecule has 0 radical (unpaired) electrons. The van der Waals surface area contributed by atoms with Crippen molar-refractivity contribution in [3.63, 3.8) is 0 Å². The first-order chi connectivity index (χ1) is 8.20. The van der Waals surface area contributed by atoms with Crippen molar-refractivity contribution in [1.29, 1.82) is 0 Å². The van der Waals surface area contributed by atoms with Crippen LogP contribution >= 0.6 is 0 Å². The molecule has 0 bridgehead atoms. The van der Waals surface area contributed by atoms with Crippen LogP contribution in [0.4, 0.5) is 0 Å². The number of hydrogen-bond donors (Lipinski definition) is 0. The zero-order chi connectivity index (χ0) is 12.3. The predicted molar refractivity (Wildman–Crippen MR) is 65.5 cm³/mol. The molecule has 2 fully saturated rings. The van der Waals surface area contributed by atoms with Gasteiger partial charge in [-0.05, 0) is 45.4 Å². The molecule has 17 heavy (non-hydrogen) atoms. The van der Waals surface area contributed by atoms with E-state index in [4.69, 9.17) is 0 Å². The molecule has 0 spiro atoms. The van der Waals surface area contributed by atoms with Crippen molar-refractivity contribution in [2.24, 2.45) is 0 Å². The number of carbonyl (C=O) groups is 2. The average Bonchev–Trinajstić information content (AvgIpc) is 2.39. The molecule has 2 rings (SSSR count). The topological polar surface area (TPSA) is 40.6 Å². The summed E-state index contributed by atoms with van der Waals surface area (Å²) in [6, 6.07) is 0.227. The molecule has 2 amide bonds. The van der Waals surface area contributed by atoms with Crippen LogP contribution in [0.3, 0.4) is 0 Å². The molecule has 2 heterocycles. The monoisotopic (exact) mass is 238 g/mol. The fourth-order valence-corrected chi connectivity index (χ4v) is 2.75. The number of nitrogens with zero attached hydrogens (tertiary/aromatic N) is 2. The van der Waals surface area contributed by atoms with E-state index in [1.54, 1.807) is 9.80 Å². The van der Waals surface area contributed by atoms with E-state index in [0.29, 0.717) is 0 Å². The third-order valence-corrected chi connectivity index (χ3v) is 3.89. The Kier molecular flexibility index (Phi) is 4.02. The standard InChI is InChI=1S/C13H22N2O2/c1-11-7-3-6-10-15(11)13(17)12(16)14-8-4-2-5-9-14/h11H,2-10H2,1H3. The summed E-state index contributed by atoms with van der Waals surface area (Å²) in [7, 11) is 0. The van der Waals surface area contributed by atoms with Crippen molar-refractivity contribution in [2.45, 2.75) is 51.5 Å². The number of hydrogen-bond acceptors (Lipinski definition) is 2. The van der Waals surface area contributed by atoms with Crippen LogP contribution in [0.2, 0.25) is 0 Å². The molecule has 2 saturated heterocycles. The normalized spacial score (nSPS) is 25.8. The van der Waals surface area contributed by atoms with Gasteiger partial charge in [0.25, 0.3) is 0 Å². The Morgan fingerprint density at radius 3 is 2.18 bits per heavy atom. The molecular weight excluding hydrogens is 216 g/mol. The first-order valence-electron chi connectivity index (χ1n) is 6.80. The summed E-state index contributed by atoms with van der Waals surface area (Å²) in [6.07, 6.45) is 6.48. The number of carbonyl (C=O) groups excluding carboxylic acids is 2. The van der Waals surface area contributed by atoms with Crippen molar-refractivity contribution in [3.05, 3.63) is 0 Å². The van der Waals surface area contributed by atoms with E-state index in [9.17, 15) is 9.59 Å². The molecule has 4 heteroatoms. The van der Waals surface area contributed by atoms with Crippen molar-refractivity contribution in [1.82, 2.24) is 9.80 Å². The van der Waals surface area contributed by atoms with E-state index in [1.165, 1.54) is 12.8 Å². The van der Waals surface area contributed by atoms with Gasteiger partial charge in [0.05, 0.1) is 0 Å². The molecule has 2 aliphatic heterocycles. The van der Waals surface area contributed by atoms with Crippen LogP contribution in [0.15, 0.2) is 0 Å². The number of likely N-dealkylation sites (tertiary alicyclic amines) is 2. The molecule has 0 aromatic carbocycles. The fraction of sp³-hybridized carbons (Fsp3) is 0.846. The average molecular weight is 238 g/mol. The molecular formula is C13H22N2O2. The molecule has 0 saturated carbocycles. The van der Waals surface area contributed by atoms with Gasteiger partial charge in [0.15, 0.2) is 0 Å². The lowest BCUT2D eigenvalue weighted by Gasteiger charge is -2.35. The number of amides is 2. The van der Waals surface area contributed by atoms with E-state index in [-0.39, 0.29) is 17.9 Å². The van der Waals surface area contributed by atoms with Gasteiger partial charge in [-0.25, -0.2) is 0 Å². The van der Waals surface area contributed by atoms with Gasteiger partial charge < -0.3 is 9.80 Å². The largest absolute Gasteiger partial charge is 0.334 e. The third-order valence-electron chi connectivity index (χ3n) is 3.89. The highest BCUT2D eigenvalue weighted by molar-refractivity contribution is 6.35. The molecule has 0 N–H and O–H groups in total. The smallest absolute Gasteiger partial charge is 0.312 e. The first kappa shape index (κ1) is 12.4. The Morgan fingerprint density at radius 2 is 1.53 bits per heavy atom. The van der Waals surface area contributed by atoms with Gasteiger partial charge in [0.2, 0.25) is 0 Å². The van der Waals surface area contributed by atoms with Crippen LogP contribution in [-0.4, -0.2) is 47.3 Å². The van der Waals surface area contributed by atoms with E-state index in [0.717, 1.165) is 45.3 Å².